The van der Waals surface area contributed by atoms with E-state index < -0.39 is 0 Å². The van der Waals surface area contributed by atoms with Gasteiger partial charge < -0.3 is 14.5 Å². The minimum atomic E-state index is -0.203. The lowest BCUT2D eigenvalue weighted by Gasteiger charge is -2.36. The molecule has 2 amide bonds. The summed E-state index contributed by atoms with van der Waals surface area (Å²) in [5, 5.41) is 0. The summed E-state index contributed by atoms with van der Waals surface area (Å²) in [6.07, 6.45) is 0.0848. The second-order valence-electron chi connectivity index (χ2n) is 7.91. The number of amides is 2. The van der Waals surface area contributed by atoms with Gasteiger partial charge in [0.05, 0.1) is 11.7 Å². The number of ether oxygens (including phenoxy) is 1. The van der Waals surface area contributed by atoms with Crippen LogP contribution in [0.2, 0.25) is 0 Å². The fraction of sp³-hybridized carbons (Fsp3) is 0.545. The van der Waals surface area contributed by atoms with Crippen LogP contribution in [0.4, 0.5) is 0 Å². The third-order valence-corrected chi connectivity index (χ3v) is 5.26. The van der Waals surface area contributed by atoms with Gasteiger partial charge in [-0.05, 0) is 51.9 Å². The van der Waals surface area contributed by atoms with Gasteiger partial charge in [-0.3, -0.25) is 14.5 Å². The van der Waals surface area contributed by atoms with Crippen LogP contribution in [0.1, 0.15) is 40.2 Å². The summed E-state index contributed by atoms with van der Waals surface area (Å²) in [5.74, 6) is 0.378. The maximum Gasteiger partial charge on any atom is 0.278 e. The number of likely N-dealkylation sites (N-methyl/N-ethyl adjacent to an activating group) is 1. The van der Waals surface area contributed by atoms with Crippen molar-refractivity contribution in [3.8, 4) is 5.75 Å². The summed E-state index contributed by atoms with van der Waals surface area (Å²) in [7, 11) is 0. The van der Waals surface area contributed by atoms with E-state index in [2.05, 4.69) is 16.7 Å². The van der Waals surface area contributed by atoms with Crippen LogP contribution in [0, 0.1) is 0 Å². The lowest BCUT2D eigenvalue weighted by atomic mass is 10.0. The number of rotatable bonds is 6. The number of hydrogen-bond acceptors (Lipinski definition) is 5. The lowest BCUT2D eigenvalue weighted by Crippen LogP contribution is -2.47. The number of piperazine rings is 1. The van der Waals surface area contributed by atoms with Crippen LogP contribution >= 0.6 is 0 Å². The number of carbonyl (C=O) groups excluding carboxylic acids is 2. The van der Waals surface area contributed by atoms with E-state index in [0.717, 1.165) is 44.0 Å². The third kappa shape index (κ3) is 3.92. The Balaban J connectivity index is 1.97. The highest BCUT2D eigenvalue weighted by Crippen LogP contribution is 2.34. The molecule has 0 aliphatic carbocycles. The molecule has 0 N–H and O–H groups in total. The molecule has 1 fully saturated rings. The molecule has 6 heteroatoms. The van der Waals surface area contributed by atoms with Crippen LogP contribution in [-0.4, -0.2) is 71.4 Å². The molecule has 6 nitrogen and oxygen atoms in total. The summed E-state index contributed by atoms with van der Waals surface area (Å²) < 4.78 is 5.71. The quantitative estimate of drug-likeness (QED) is 0.705. The fourth-order valence-electron chi connectivity index (χ4n) is 3.82. The largest absolute Gasteiger partial charge is 0.491 e. The fourth-order valence-corrected chi connectivity index (χ4v) is 3.82. The molecule has 2 aliphatic rings. The predicted molar refractivity (Wildman–Crippen MR) is 110 cm³/mol. The van der Waals surface area contributed by atoms with Crippen molar-refractivity contribution in [3.63, 3.8) is 0 Å². The number of carbonyl (C=O) groups is 2. The van der Waals surface area contributed by atoms with Crippen molar-refractivity contribution in [2.75, 3.05) is 32.7 Å². The first-order chi connectivity index (χ1) is 13.3. The van der Waals surface area contributed by atoms with Crippen molar-refractivity contribution in [1.29, 1.82) is 0 Å². The molecule has 0 bridgehead atoms. The monoisotopic (exact) mass is 385 g/mol. The smallest absolute Gasteiger partial charge is 0.278 e. The number of hydrogen-bond donors (Lipinski definition) is 0. The Morgan fingerprint density at radius 2 is 1.54 bits per heavy atom. The number of nitrogens with zero attached hydrogens (tertiary/aromatic N) is 3. The molecule has 1 saturated heterocycles. The molecule has 0 atom stereocenters. The molecule has 0 spiro atoms. The van der Waals surface area contributed by atoms with Crippen LogP contribution in [0.5, 0.6) is 5.75 Å². The first kappa shape index (κ1) is 20.4. The number of imide groups is 1. The van der Waals surface area contributed by atoms with Crippen molar-refractivity contribution in [2.45, 2.75) is 46.8 Å². The van der Waals surface area contributed by atoms with E-state index >= 15 is 0 Å². The van der Waals surface area contributed by atoms with Crippen molar-refractivity contribution in [2.24, 2.45) is 0 Å². The summed E-state index contributed by atoms with van der Waals surface area (Å²) in [6, 6.07) is 7.32. The molecule has 1 aromatic rings. The van der Waals surface area contributed by atoms with Gasteiger partial charge in [-0.25, -0.2) is 0 Å². The van der Waals surface area contributed by atoms with Gasteiger partial charge in [0.25, 0.3) is 11.8 Å². The molecule has 152 valence electrons. The highest BCUT2D eigenvalue weighted by Gasteiger charge is 2.43. The minimum Gasteiger partial charge on any atom is -0.491 e. The first-order valence-corrected chi connectivity index (χ1v) is 10.2. The highest BCUT2D eigenvalue weighted by molar-refractivity contribution is 6.35. The van der Waals surface area contributed by atoms with Crippen molar-refractivity contribution < 1.29 is 14.3 Å². The van der Waals surface area contributed by atoms with E-state index in [0.29, 0.717) is 11.3 Å². The van der Waals surface area contributed by atoms with Crippen LogP contribution in [0.3, 0.4) is 0 Å². The van der Waals surface area contributed by atoms with Crippen LogP contribution in [0.25, 0.3) is 5.57 Å². The average molecular weight is 386 g/mol. The second kappa shape index (κ2) is 8.35. The normalized spacial score (nSPS) is 18.8. The van der Waals surface area contributed by atoms with Crippen LogP contribution in [-0.2, 0) is 9.59 Å². The van der Waals surface area contributed by atoms with Gasteiger partial charge in [-0.2, -0.15) is 0 Å². The van der Waals surface area contributed by atoms with E-state index in [1.165, 1.54) is 4.90 Å². The predicted octanol–water partition coefficient (Wildman–Crippen LogP) is 2.60. The van der Waals surface area contributed by atoms with Gasteiger partial charge in [-0.15, -0.1) is 0 Å². The summed E-state index contributed by atoms with van der Waals surface area (Å²) in [4.78, 5) is 32.2. The van der Waals surface area contributed by atoms with Gasteiger partial charge >= 0.3 is 0 Å². The minimum absolute atomic E-state index is 0.0848. The lowest BCUT2D eigenvalue weighted by molar-refractivity contribution is -0.139. The standard InChI is InChI=1S/C22H31N3O3/c1-6-23-11-13-24(14-12-23)20-19(21(26)25(15(2)3)22(20)27)17-7-9-18(10-8-17)28-16(4)5/h7-10,15-16H,6,11-14H2,1-5H3. The zero-order chi connectivity index (χ0) is 20.4. The Bertz CT molecular complexity index is 760. The summed E-state index contributed by atoms with van der Waals surface area (Å²) >= 11 is 0. The Kier molecular flexibility index (Phi) is 6.08. The van der Waals surface area contributed by atoms with E-state index in [1.807, 2.05) is 52.0 Å². The number of benzene rings is 1. The van der Waals surface area contributed by atoms with E-state index in [-0.39, 0.29) is 24.0 Å². The summed E-state index contributed by atoms with van der Waals surface area (Å²) in [6.45, 7) is 14.2. The zero-order valence-electron chi connectivity index (χ0n) is 17.6. The molecule has 0 saturated carbocycles. The first-order valence-electron chi connectivity index (χ1n) is 10.2. The maximum absolute atomic E-state index is 13.2. The molecule has 1 aromatic carbocycles. The Morgan fingerprint density at radius 3 is 2.04 bits per heavy atom. The molecular formula is C22H31N3O3. The highest BCUT2D eigenvalue weighted by atomic mass is 16.5. The topological polar surface area (TPSA) is 53.1 Å². The molecule has 0 radical (unpaired) electrons. The molecule has 2 aliphatic heterocycles. The van der Waals surface area contributed by atoms with Gasteiger partial charge in [0.15, 0.2) is 0 Å². The van der Waals surface area contributed by atoms with Crippen LogP contribution in [0.15, 0.2) is 30.0 Å². The van der Waals surface area contributed by atoms with E-state index in [1.54, 1.807) is 0 Å². The molecular weight excluding hydrogens is 354 g/mol. The molecule has 28 heavy (non-hydrogen) atoms. The molecule has 0 aromatic heterocycles. The third-order valence-electron chi connectivity index (χ3n) is 5.26. The Hall–Kier alpha value is -2.34. The molecule has 0 unspecified atom stereocenters. The average Bonchev–Trinajstić information content (AvgIpc) is 2.92. The van der Waals surface area contributed by atoms with Crippen molar-refractivity contribution in [3.05, 3.63) is 35.5 Å². The molecule has 2 heterocycles. The van der Waals surface area contributed by atoms with Gasteiger partial charge in [0.2, 0.25) is 0 Å². The van der Waals surface area contributed by atoms with E-state index in [9.17, 15) is 9.59 Å². The zero-order valence-corrected chi connectivity index (χ0v) is 17.6. The van der Waals surface area contributed by atoms with Gasteiger partial charge in [0.1, 0.15) is 11.4 Å². The van der Waals surface area contributed by atoms with Crippen molar-refractivity contribution >= 4 is 17.4 Å². The van der Waals surface area contributed by atoms with Crippen molar-refractivity contribution in [1.82, 2.24) is 14.7 Å². The maximum atomic E-state index is 13.2. The SMILES string of the molecule is CCN1CCN(C2=C(c3ccc(OC(C)C)cc3)C(=O)N(C(C)C)C2=O)CC1. The Morgan fingerprint density at radius 1 is 0.929 bits per heavy atom. The summed E-state index contributed by atoms with van der Waals surface area (Å²) in [5.41, 5.74) is 1.83. The van der Waals surface area contributed by atoms with Gasteiger partial charge in [0, 0.05) is 32.2 Å². The van der Waals surface area contributed by atoms with Crippen LogP contribution < -0.4 is 4.74 Å². The van der Waals surface area contributed by atoms with E-state index in [4.69, 9.17) is 4.74 Å². The molecule has 3 rings (SSSR count). The second-order valence-corrected chi connectivity index (χ2v) is 7.91. The van der Waals surface area contributed by atoms with Gasteiger partial charge in [-0.1, -0.05) is 19.1 Å². The Labute approximate surface area is 167 Å².